The summed E-state index contributed by atoms with van der Waals surface area (Å²) in [5, 5.41) is 18.7. The highest BCUT2D eigenvalue weighted by Crippen LogP contribution is 2.44. The monoisotopic (exact) mass is 494 g/mol. The molecule has 0 amide bonds. The fraction of sp³-hybridized carbons (Fsp3) is 0.192. The van der Waals surface area contributed by atoms with Gasteiger partial charge in [-0.2, -0.15) is 13.2 Å². The molecule has 1 unspecified atom stereocenters. The average Bonchev–Trinajstić information content (AvgIpc) is 3.48. The Morgan fingerprint density at radius 3 is 2.46 bits per heavy atom. The molecule has 0 aliphatic rings. The molecule has 3 heterocycles. The molecule has 1 N–H and O–H groups in total. The smallest absolute Gasteiger partial charge is 0.375 e. The molecule has 0 aliphatic carbocycles. The first-order valence-electron chi connectivity index (χ1n) is 11.0. The Hall–Kier alpha value is -3.56. The first-order chi connectivity index (χ1) is 16.8. The number of aliphatic hydroxyl groups is 1. The van der Waals surface area contributed by atoms with Crippen molar-refractivity contribution in [3.8, 4) is 21.7 Å². The van der Waals surface area contributed by atoms with Gasteiger partial charge in [0, 0.05) is 21.8 Å². The molecule has 0 bridgehead atoms. The zero-order valence-electron chi connectivity index (χ0n) is 18.7. The third-order valence-corrected chi connectivity index (χ3v) is 7.18. The number of aromatic nitrogens is 4. The van der Waals surface area contributed by atoms with Crippen LogP contribution in [-0.2, 0) is 12.1 Å². The molecule has 5 rings (SSSR count). The maximum Gasteiger partial charge on any atom is 0.423 e. The second-order valence-corrected chi connectivity index (χ2v) is 9.28. The molecule has 178 valence electrons. The van der Waals surface area contributed by atoms with E-state index in [1.165, 1.54) is 11.6 Å². The van der Waals surface area contributed by atoms with E-state index in [9.17, 15) is 18.3 Å². The van der Waals surface area contributed by atoms with E-state index in [-0.39, 0.29) is 6.54 Å². The van der Waals surface area contributed by atoms with Crippen molar-refractivity contribution in [3.63, 3.8) is 0 Å². The van der Waals surface area contributed by atoms with E-state index in [0.29, 0.717) is 0 Å². The Bertz CT molecular complexity index is 1460. The van der Waals surface area contributed by atoms with Gasteiger partial charge in [-0.25, -0.2) is 4.68 Å². The van der Waals surface area contributed by atoms with Crippen LogP contribution in [0.1, 0.15) is 24.6 Å². The first-order valence-corrected chi connectivity index (χ1v) is 11.8. The highest BCUT2D eigenvalue weighted by atomic mass is 32.1. The molecule has 9 heteroatoms. The average molecular weight is 495 g/mol. The fourth-order valence-corrected chi connectivity index (χ4v) is 5.35. The SMILES string of the molecule is CCC(O)(c1cn(Cc2ccc3c(-c4ccccc4)c(-c4ccccn4)sc3c2)nn1)C(F)(F)F. The number of hydrogen-bond donors (Lipinski definition) is 1. The van der Waals surface area contributed by atoms with E-state index in [4.69, 9.17) is 0 Å². The molecule has 5 aromatic rings. The van der Waals surface area contributed by atoms with Crippen molar-refractivity contribution in [1.29, 1.82) is 0 Å². The number of halogens is 3. The standard InChI is InChI=1S/C26H21F3N4OS/c1-2-25(34,26(27,28)29)22-16-33(32-31-22)15-17-11-12-19-21(14-17)35-24(20-10-6-7-13-30-20)23(19)18-8-4-3-5-9-18/h3-14,16,34H,2,15H2,1H3. The summed E-state index contributed by atoms with van der Waals surface area (Å²) in [6.45, 7) is 1.48. The largest absolute Gasteiger partial charge is 0.423 e. The number of benzene rings is 2. The molecular formula is C26H21F3N4OS. The van der Waals surface area contributed by atoms with E-state index in [2.05, 4.69) is 27.4 Å². The van der Waals surface area contributed by atoms with Crippen LogP contribution in [0.5, 0.6) is 0 Å². The second kappa shape index (κ2) is 8.90. The van der Waals surface area contributed by atoms with Gasteiger partial charge in [0.1, 0.15) is 5.69 Å². The molecule has 0 saturated heterocycles. The summed E-state index contributed by atoms with van der Waals surface area (Å²) in [6, 6.07) is 21.9. The second-order valence-electron chi connectivity index (χ2n) is 8.23. The Balaban J connectivity index is 1.53. The molecule has 0 fully saturated rings. The van der Waals surface area contributed by atoms with Gasteiger partial charge in [-0.15, -0.1) is 16.4 Å². The zero-order chi connectivity index (χ0) is 24.6. The summed E-state index contributed by atoms with van der Waals surface area (Å²) >= 11 is 1.62. The van der Waals surface area contributed by atoms with Gasteiger partial charge in [-0.05, 0) is 35.7 Å². The van der Waals surface area contributed by atoms with Crippen LogP contribution in [0, 0.1) is 0 Å². The van der Waals surface area contributed by atoms with Crippen LogP contribution in [0.2, 0.25) is 0 Å². The van der Waals surface area contributed by atoms with Crippen molar-refractivity contribution >= 4 is 21.4 Å². The predicted molar refractivity (Wildman–Crippen MR) is 130 cm³/mol. The maximum atomic E-state index is 13.4. The molecule has 1 atom stereocenters. The highest BCUT2D eigenvalue weighted by Gasteiger charge is 2.55. The van der Waals surface area contributed by atoms with Gasteiger partial charge in [0.15, 0.2) is 0 Å². The number of thiophene rings is 1. The van der Waals surface area contributed by atoms with Crippen molar-refractivity contribution in [2.24, 2.45) is 0 Å². The van der Waals surface area contributed by atoms with Crippen molar-refractivity contribution in [2.75, 3.05) is 0 Å². The third-order valence-electron chi connectivity index (χ3n) is 6.00. The summed E-state index contributed by atoms with van der Waals surface area (Å²) in [6.07, 6.45) is -2.46. The molecule has 0 radical (unpaired) electrons. The topological polar surface area (TPSA) is 63.8 Å². The minimum Gasteiger partial charge on any atom is -0.375 e. The fourth-order valence-electron chi connectivity index (χ4n) is 4.09. The summed E-state index contributed by atoms with van der Waals surface area (Å²) in [5.41, 5.74) is 0.380. The normalized spacial score (nSPS) is 13.7. The lowest BCUT2D eigenvalue weighted by molar-refractivity contribution is -0.269. The van der Waals surface area contributed by atoms with Gasteiger partial charge >= 0.3 is 6.18 Å². The number of rotatable bonds is 6. The van der Waals surface area contributed by atoms with Crippen molar-refractivity contribution < 1.29 is 18.3 Å². The van der Waals surface area contributed by atoms with E-state index >= 15 is 0 Å². The highest BCUT2D eigenvalue weighted by molar-refractivity contribution is 7.23. The molecule has 2 aromatic carbocycles. The predicted octanol–water partition coefficient (Wildman–Crippen LogP) is 6.43. The summed E-state index contributed by atoms with van der Waals surface area (Å²) in [7, 11) is 0. The Morgan fingerprint density at radius 2 is 1.77 bits per heavy atom. The van der Waals surface area contributed by atoms with Gasteiger partial charge in [0.25, 0.3) is 0 Å². The van der Waals surface area contributed by atoms with Crippen LogP contribution in [0.4, 0.5) is 13.2 Å². The minimum atomic E-state index is -4.84. The van der Waals surface area contributed by atoms with Gasteiger partial charge in [0.05, 0.1) is 23.3 Å². The van der Waals surface area contributed by atoms with Gasteiger partial charge < -0.3 is 5.11 Å². The maximum absolute atomic E-state index is 13.4. The molecule has 0 aliphatic heterocycles. The number of fused-ring (bicyclic) bond motifs is 1. The van der Waals surface area contributed by atoms with Crippen molar-refractivity contribution in [2.45, 2.75) is 31.7 Å². The molecule has 5 nitrogen and oxygen atoms in total. The molecule has 0 spiro atoms. The van der Waals surface area contributed by atoms with Crippen LogP contribution >= 0.6 is 11.3 Å². The lowest BCUT2D eigenvalue weighted by Gasteiger charge is -2.26. The van der Waals surface area contributed by atoms with Crippen molar-refractivity contribution in [1.82, 2.24) is 20.0 Å². The minimum absolute atomic E-state index is 0.220. The quantitative estimate of drug-likeness (QED) is 0.295. The number of nitrogens with zero attached hydrogens (tertiary/aromatic N) is 4. The van der Waals surface area contributed by atoms with Crippen LogP contribution in [0.3, 0.4) is 0 Å². The number of hydrogen-bond acceptors (Lipinski definition) is 5. The summed E-state index contributed by atoms with van der Waals surface area (Å²) in [4.78, 5) is 5.59. The summed E-state index contributed by atoms with van der Waals surface area (Å²) < 4.78 is 42.5. The Morgan fingerprint density at radius 1 is 1.00 bits per heavy atom. The van der Waals surface area contributed by atoms with Crippen LogP contribution in [0.25, 0.3) is 31.8 Å². The molecule has 3 aromatic heterocycles. The van der Waals surface area contributed by atoms with Crippen LogP contribution < -0.4 is 0 Å². The summed E-state index contributed by atoms with van der Waals surface area (Å²) in [5.74, 6) is 0. The van der Waals surface area contributed by atoms with Gasteiger partial charge in [0.2, 0.25) is 5.60 Å². The lowest BCUT2D eigenvalue weighted by Crippen LogP contribution is -2.42. The third kappa shape index (κ3) is 4.21. The van der Waals surface area contributed by atoms with E-state index < -0.39 is 23.9 Å². The van der Waals surface area contributed by atoms with E-state index in [1.54, 1.807) is 17.5 Å². The van der Waals surface area contributed by atoms with Gasteiger partial charge in [-0.3, -0.25) is 4.98 Å². The van der Waals surface area contributed by atoms with Crippen LogP contribution in [0.15, 0.2) is 79.1 Å². The van der Waals surface area contributed by atoms with Gasteiger partial charge in [-0.1, -0.05) is 60.7 Å². The van der Waals surface area contributed by atoms with Crippen molar-refractivity contribution in [3.05, 3.63) is 90.4 Å². The zero-order valence-corrected chi connectivity index (χ0v) is 19.5. The molecule has 0 saturated carbocycles. The van der Waals surface area contributed by atoms with E-state index in [0.717, 1.165) is 43.5 Å². The molecule has 35 heavy (non-hydrogen) atoms. The number of pyridine rings is 1. The number of alkyl halides is 3. The molecular weight excluding hydrogens is 473 g/mol. The van der Waals surface area contributed by atoms with Crippen LogP contribution in [-0.4, -0.2) is 31.3 Å². The lowest BCUT2D eigenvalue weighted by atomic mass is 9.96. The Labute approximate surface area is 203 Å². The van der Waals surface area contributed by atoms with E-state index in [1.807, 2.05) is 54.6 Å². The Kier molecular flexibility index (Phi) is 5.90. The first kappa shape index (κ1) is 23.2.